The van der Waals surface area contributed by atoms with Gasteiger partial charge in [0.2, 0.25) is 11.8 Å². The molecule has 1 N–H and O–H groups in total. The minimum Gasteiger partial charge on any atom is -0.377 e. The number of thiazole rings is 1. The van der Waals surface area contributed by atoms with E-state index in [1.165, 1.54) is 16.8 Å². The molecule has 34 heavy (non-hydrogen) atoms. The molecule has 4 rings (SSSR count). The predicted octanol–water partition coefficient (Wildman–Crippen LogP) is 4.56. The number of hydrogen-bond donors (Lipinski definition) is 1. The maximum absolute atomic E-state index is 12.8. The number of nitrogens with zero attached hydrogens (tertiary/aromatic N) is 3. The van der Waals surface area contributed by atoms with Crippen molar-refractivity contribution in [3.05, 3.63) is 81.8 Å². The molecule has 6 nitrogen and oxygen atoms in total. The van der Waals surface area contributed by atoms with Crippen LogP contribution in [0.4, 0.5) is 5.69 Å². The summed E-state index contributed by atoms with van der Waals surface area (Å²) in [7, 11) is 4.08. The van der Waals surface area contributed by atoms with Gasteiger partial charge in [-0.2, -0.15) is 0 Å². The molecule has 2 amide bonds. The number of likely N-dealkylation sites (tertiary alicyclic amines) is 1. The van der Waals surface area contributed by atoms with E-state index in [0.717, 1.165) is 36.5 Å². The van der Waals surface area contributed by atoms with Gasteiger partial charge in [0.15, 0.2) is 0 Å². The molecule has 1 fully saturated rings. The Morgan fingerprint density at radius 1 is 1.09 bits per heavy atom. The van der Waals surface area contributed by atoms with Gasteiger partial charge in [-0.15, -0.1) is 11.3 Å². The Labute approximate surface area is 205 Å². The van der Waals surface area contributed by atoms with E-state index in [1.807, 2.05) is 49.3 Å². The summed E-state index contributed by atoms with van der Waals surface area (Å²) in [5, 5.41) is 5.85. The van der Waals surface area contributed by atoms with Crippen LogP contribution in [-0.2, 0) is 22.6 Å². The lowest BCUT2D eigenvalue weighted by Gasteiger charge is -2.25. The second-order valence-corrected chi connectivity index (χ2v) is 9.81. The van der Waals surface area contributed by atoms with Gasteiger partial charge < -0.3 is 15.1 Å². The summed E-state index contributed by atoms with van der Waals surface area (Å²) in [5.74, 6) is -0.0592. The van der Waals surface area contributed by atoms with E-state index in [-0.39, 0.29) is 30.7 Å². The standard InChI is InChI=1S/C27H32N4O2S/c1-30(2)23-12-7-6-11-21(23)17-22-19-34-26(29-22)18-28-25(32)14-15-27(33)31-16-8-13-24(31)20-9-4-3-5-10-20/h3-7,9-12,19,24H,8,13-18H2,1-2H3,(H,28,32). The number of para-hydroxylation sites is 1. The van der Waals surface area contributed by atoms with Crippen molar-refractivity contribution in [1.82, 2.24) is 15.2 Å². The molecule has 0 saturated carbocycles. The van der Waals surface area contributed by atoms with Crippen LogP contribution in [0.15, 0.2) is 60.0 Å². The normalized spacial score (nSPS) is 15.4. The van der Waals surface area contributed by atoms with E-state index in [4.69, 9.17) is 0 Å². The third-order valence-corrected chi connectivity index (χ3v) is 7.10. The largest absolute Gasteiger partial charge is 0.377 e. The molecule has 0 bridgehead atoms. The lowest BCUT2D eigenvalue weighted by Crippen LogP contribution is -2.32. The summed E-state index contributed by atoms with van der Waals surface area (Å²) in [6.45, 7) is 1.15. The first kappa shape index (κ1) is 24.0. The Balaban J connectivity index is 1.24. The smallest absolute Gasteiger partial charge is 0.223 e. The molecule has 0 radical (unpaired) electrons. The zero-order chi connectivity index (χ0) is 23.9. The average Bonchev–Trinajstić information content (AvgIpc) is 3.52. The Morgan fingerprint density at radius 2 is 1.85 bits per heavy atom. The first-order valence-electron chi connectivity index (χ1n) is 11.8. The van der Waals surface area contributed by atoms with Crippen LogP contribution in [-0.4, -0.2) is 42.3 Å². The summed E-state index contributed by atoms with van der Waals surface area (Å²) in [6, 6.07) is 18.6. The summed E-state index contributed by atoms with van der Waals surface area (Å²) in [4.78, 5) is 33.9. The van der Waals surface area contributed by atoms with Crippen LogP contribution >= 0.6 is 11.3 Å². The fourth-order valence-corrected chi connectivity index (χ4v) is 5.25. The van der Waals surface area contributed by atoms with E-state index >= 15 is 0 Å². The molecule has 1 aliphatic rings. The summed E-state index contributed by atoms with van der Waals surface area (Å²) < 4.78 is 0. The zero-order valence-corrected chi connectivity index (χ0v) is 20.7. The molecule has 1 atom stereocenters. The maximum Gasteiger partial charge on any atom is 0.223 e. The van der Waals surface area contributed by atoms with Gasteiger partial charge in [-0.25, -0.2) is 4.98 Å². The SMILES string of the molecule is CN(C)c1ccccc1Cc1csc(CNC(=O)CCC(=O)N2CCCC2c2ccccc2)n1. The number of carbonyl (C=O) groups is 2. The van der Waals surface area contributed by atoms with Crippen molar-refractivity contribution in [2.24, 2.45) is 0 Å². The fraction of sp³-hybridized carbons (Fsp3) is 0.370. The van der Waals surface area contributed by atoms with E-state index in [0.29, 0.717) is 6.54 Å². The van der Waals surface area contributed by atoms with Crippen molar-refractivity contribution in [1.29, 1.82) is 0 Å². The third-order valence-electron chi connectivity index (χ3n) is 6.20. The highest BCUT2D eigenvalue weighted by atomic mass is 32.1. The molecule has 0 aliphatic carbocycles. The Morgan fingerprint density at radius 3 is 2.65 bits per heavy atom. The van der Waals surface area contributed by atoms with Crippen LogP contribution in [0.25, 0.3) is 0 Å². The molecular weight excluding hydrogens is 444 g/mol. The molecule has 1 aromatic heterocycles. The van der Waals surface area contributed by atoms with Gasteiger partial charge in [0.1, 0.15) is 5.01 Å². The molecular formula is C27H32N4O2S. The molecule has 1 unspecified atom stereocenters. The number of benzene rings is 2. The average molecular weight is 477 g/mol. The predicted molar refractivity (Wildman–Crippen MR) is 137 cm³/mol. The van der Waals surface area contributed by atoms with Crippen LogP contribution in [0, 0.1) is 0 Å². The molecule has 1 saturated heterocycles. The lowest BCUT2D eigenvalue weighted by molar-refractivity contribution is -0.134. The number of nitrogens with one attached hydrogen (secondary N) is 1. The van der Waals surface area contributed by atoms with E-state index in [2.05, 4.69) is 44.8 Å². The quantitative estimate of drug-likeness (QED) is 0.492. The summed E-state index contributed by atoms with van der Waals surface area (Å²) in [6.07, 6.45) is 3.17. The monoisotopic (exact) mass is 476 g/mol. The number of amides is 2. The van der Waals surface area contributed by atoms with E-state index < -0.39 is 0 Å². The topological polar surface area (TPSA) is 65.5 Å². The highest BCUT2D eigenvalue weighted by Gasteiger charge is 2.29. The van der Waals surface area contributed by atoms with Gasteiger partial charge in [-0.1, -0.05) is 48.5 Å². The number of hydrogen-bond acceptors (Lipinski definition) is 5. The van der Waals surface area contributed by atoms with Gasteiger partial charge in [-0.3, -0.25) is 9.59 Å². The highest BCUT2D eigenvalue weighted by molar-refractivity contribution is 7.09. The Hall–Kier alpha value is -3.19. The van der Waals surface area contributed by atoms with Crippen molar-refractivity contribution in [2.75, 3.05) is 25.5 Å². The minimum atomic E-state index is -0.112. The van der Waals surface area contributed by atoms with Gasteiger partial charge >= 0.3 is 0 Å². The van der Waals surface area contributed by atoms with Crippen LogP contribution < -0.4 is 10.2 Å². The molecule has 7 heteroatoms. The molecule has 178 valence electrons. The minimum absolute atomic E-state index is 0.0533. The summed E-state index contributed by atoms with van der Waals surface area (Å²) >= 11 is 1.55. The number of rotatable bonds is 9. The molecule has 2 heterocycles. The molecule has 1 aliphatic heterocycles. The van der Waals surface area contributed by atoms with Crippen LogP contribution in [0.5, 0.6) is 0 Å². The van der Waals surface area contributed by atoms with Gasteiger partial charge in [0.25, 0.3) is 0 Å². The lowest BCUT2D eigenvalue weighted by atomic mass is 10.0. The molecule has 0 spiro atoms. The Kier molecular flexibility index (Phi) is 7.95. The Bertz CT molecular complexity index is 1110. The van der Waals surface area contributed by atoms with E-state index in [9.17, 15) is 9.59 Å². The maximum atomic E-state index is 12.8. The second kappa shape index (κ2) is 11.3. The summed E-state index contributed by atoms with van der Waals surface area (Å²) in [5.41, 5.74) is 4.58. The second-order valence-electron chi connectivity index (χ2n) is 8.87. The van der Waals surface area contributed by atoms with Crippen molar-refractivity contribution < 1.29 is 9.59 Å². The van der Waals surface area contributed by atoms with Crippen molar-refractivity contribution >= 4 is 28.8 Å². The van der Waals surface area contributed by atoms with Gasteiger partial charge in [0, 0.05) is 51.0 Å². The molecule has 2 aromatic carbocycles. The van der Waals surface area contributed by atoms with Gasteiger partial charge in [-0.05, 0) is 30.0 Å². The van der Waals surface area contributed by atoms with Crippen LogP contribution in [0.1, 0.15) is 53.6 Å². The van der Waals surface area contributed by atoms with Crippen molar-refractivity contribution in [3.8, 4) is 0 Å². The number of anilines is 1. The number of carbonyl (C=O) groups excluding carboxylic acids is 2. The fourth-order valence-electron chi connectivity index (χ4n) is 4.52. The van der Waals surface area contributed by atoms with E-state index in [1.54, 1.807) is 11.3 Å². The molecule has 3 aromatic rings. The first-order chi connectivity index (χ1) is 16.5. The third kappa shape index (κ3) is 6.03. The number of aromatic nitrogens is 1. The van der Waals surface area contributed by atoms with Crippen LogP contribution in [0.3, 0.4) is 0 Å². The van der Waals surface area contributed by atoms with Crippen molar-refractivity contribution in [2.45, 2.75) is 44.7 Å². The van der Waals surface area contributed by atoms with Crippen molar-refractivity contribution in [3.63, 3.8) is 0 Å². The first-order valence-corrected chi connectivity index (χ1v) is 12.7. The highest BCUT2D eigenvalue weighted by Crippen LogP contribution is 2.32. The van der Waals surface area contributed by atoms with Crippen LogP contribution in [0.2, 0.25) is 0 Å². The van der Waals surface area contributed by atoms with Gasteiger partial charge in [0.05, 0.1) is 18.3 Å². The zero-order valence-electron chi connectivity index (χ0n) is 19.9.